The van der Waals surface area contributed by atoms with Crippen molar-refractivity contribution in [3.63, 3.8) is 0 Å². The minimum absolute atomic E-state index is 0.0706. The molecule has 0 fully saturated rings. The Morgan fingerprint density at radius 2 is 2.19 bits per heavy atom. The molecule has 3 heterocycles. The van der Waals surface area contributed by atoms with E-state index in [0.717, 1.165) is 10.6 Å². The van der Waals surface area contributed by atoms with Gasteiger partial charge in [0.25, 0.3) is 5.91 Å². The van der Waals surface area contributed by atoms with E-state index in [-0.39, 0.29) is 22.0 Å². The molecule has 1 atom stereocenters. The second kappa shape index (κ2) is 8.83. The summed E-state index contributed by atoms with van der Waals surface area (Å²) in [4.78, 5) is 26.4. The van der Waals surface area contributed by atoms with Crippen LogP contribution in [0.5, 0.6) is 5.75 Å². The summed E-state index contributed by atoms with van der Waals surface area (Å²) in [7, 11) is 1.39. The van der Waals surface area contributed by atoms with E-state index in [1.165, 1.54) is 41.9 Å². The van der Waals surface area contributed by atoms with Crippen molar-refractivity contribution in [2.45, 2.75) is 12.5 Å². The first-order chi connectivity index (χ1) is 15.0. The third kappa shape index (κ3) is 4.28. The van der Waals surface area contributed by atoms with Crippen molar-refractivity contribution >= 4 is 46.2 Å². The molecule has 1 amide bonds. The Labute approximate surface area is 186 Å². The average Bonchev–Trinajstić information content (AvgIpc) is 3.53. The molecule has 1 unspecified atom stereocenters. The Morgan fingerprint density at radius 3 is 2.87 bits per heavy atom. The van der Waals surface area contributed by atoms with E-state index in [1.807, 2.05) is 17.5 Å². The number of anilines is 1. The number of methoxy groups -OCH3 is 1. The van der Waals surface area contributed by atoms with Crippen LogP contribution in [0.25, 0.3) is 0 Å². The summed E-state index contributed by atoms with van der Waals surface area (Å²) in [6, 6.07) is 9.74. The van der Waals surface area contributed by atoms with E-state index in [9.17, 15) is 9.59 Å². The lowest BCUT2D eigenvalue weighted by Gasteiger charge is -2.19. The molecule has 1 aromatic carbocycles. The van der Waals surface area contributed by atoms with Crippen molar-refractivity contribution < 1.29 is 23.5 Å². The van der Waals surface area contributed by atoms with Crippen molar-refractivity contribution in [3.05, 3.63) is 69.3 Å². The number of benzene rings is 1. The van der Waals surface area contributed by atoms with Crippen molar-refractivity contribution in [2.75, 3.05) is 19.5 Å². The second-order valence-corrected chi connectivity index (χ2v) is 8.00. The molecule has 2 N–H and O–H groups in total. The summed E-state index contributed by atoms with van der Waals surface area (Å²) in [6.07, 6.45) is 2.04. The van der Waals surface area contributed by atoms with E-state index >= 15 is 0 Å². The number of amides is 1. The van der Waals surface area contributed by atoms with Crippen LogP contribution in [0.3, 0.4) is 0 Å². The van der Waals surface area contributed by atoms with Gasteiger partial charge in [0.05, 0.1) is 34.7 Å². The van der Waals surface area contributed by atoms with Gasteiger partial charge < -0.3 is 19.6 Å². The lowest BCUT2D eigenvalue weighted by molar-refractivity contribution is -0.136. The molecule has 2 aromatic heterocycles. The van der Waals surface area contributed by atoms with Crippen LogP contribution in [0.15, 0.2) is 57.6 Å². The number of hydrogen-bond donors (Lipinski definition) is 1. The highest BCUT2D eigenvalue weighted by molar-refractivity contribution is 7.12. The fraction of sp³-hybridized carbons (Fsp3) is 0.190. The van der Waals surface area contributed by atoms with Gasteiger partial charge in [-0.15, -0.1) is 11.3 Å². The first kappa shape index (κ1) is 21.0. The lowest BCUT2D eigenvalue weighted by Crippen LogP contribution is -2.31. The van der Waals surface area contributed by atoms with Gasteiger partial charge in [0.15, 0.2) is 6.61 Å². The monoisotopic (exact) mass is 459 g/mol. The van der Waals surface area contributed by atoms with Crippen LogP contribution in [0, 0.1) is 0 Å². The smallest absolute Gasteiger partial charge is 0.342 e. The molecule has 3 aromatic rings. The topological polar surface area (TPSA) is 107 Å². The van der Waals surface area contributed by atoms with Crippen LogP contribution < -0.4 is 10.5 Å². The molecular weight excluding hydrogens is 442 g/mol. The van der Waals surface area contributed by atoms with Crippen molar-refractivity contribution in [2.24, 2.45) is 5.10 Å². The number of nitrogens with two attached hydrogens (primary N) is 1. The van der Waals surface area contributed by atoms with Crippen molar-refractivity contribution in [1.82, 2.24) is 5.01 Å². The average molecular weight is 460 g/mol. The maximum Gasteiger partial charge on any atom is 0.342 e. The first-order valence-electron chi connectivity index (χ1n) is 9.25. The predicted molar refractivity (Wildman–Crippen MR) is 116 cm³/mol. The van der Waals surface area contributed by atoms with Gasteiger partial charge in [-0.1, -0.05) is 17.7 Å². The number of carbonyl (C=O) groups excluding carboxylic acids is 2. The lowest BCUT2D eigenvalue weighted by atomic mass is 10.1. The van der Waals surface area contributed by atoms with Gasteiger partial charge in [-0.05, 0) is 29.6 Å². The highest BCUT2D eigenvalue weighted by atomic mass is 35.5. The number of thiophene rings is 1. The molecule has 0 spiro atoms. The Hall–Kier alpha value is -3.30. The number of esters is 1. The quantitative estimate of drug-likeness (QED) is 0.439. The van der Waals surface area contributed by atoms with Crippen molar-refractivity contribution in [3.8, 4) is 5.75 Å². The van der Waals surface area contributed by atoms with Crippen LogP contribution in [-0.4, -0.2) is 36.3 Å². The fourth-order valence-electron chi connectivity index (χ4n) is 3.20. The highest BCUT2D eigenvalue weighted by Gasteiger charge is 2.35. The third-order valence-corrected chi connectivity index (χ3v) is 5.95. The van der Waals surface area contributed by atoms with Crippen LogP contribution >= 0.6 is 22.9 Å². The van der Waals surface area contributed by atoms with Crippen LogP contribution in [0.2, 0.25) is 5.02 Å². The molecule has 31 heavy (non-hydrogen) atoms. The zero-order chi connectivity index (χ0) is 22.0. The molecule has 0 saturated heterocycles. The summed E-state index contributed by atoms with van der Waals surface area (Å²) in [6.45, 7) is -0.511. The summed E-state index contributed by atoms with van der Waals surface area (Å²) in [5, 5.41) is 7.90. The fourth-order valence-corrected chi connectivity index (χ4v) is 4.09. The standard InChI is InChI=1S/C21H18ClN3O5S/c1-28-18-9-14(23)13(22)8-12(18)21(27)30-11-20(26)25-16(17-4-2-6-29-17)10-15(24-25)19-5-3-7-31-19/h2-9,16H,10-11,23H2,1H3. The molecular formula is C21H18ClN3O5S. The van der Waals surface area contributed by atoms with E-state index in [4.69, 9.17) is 31.2 Å². The number of hydrogen-bond acceptors (Lipinski definition) is 8. The Bertz CT molecular complexity index is 1130. The predicted octanol–water partition coefficient (Wildman–Crippen LogP) is 4.12. The molecule has 10 heteroatoms. The van der Waals surface area contributed by atoms with Crippen LogP contribution in [0.1, 0.15) is 33.5 Å². The van der Waals surface area contributed by atoms with E-state index in [2.05, 4.69) is 5.10 Å². The molecule has 160 valence electrons. The van der Waals surface area contributed by atoms with E-state index < -0.39 is 24.5 Å². The number of nitrogens with zero attached hydrogens (tertiary/aromatic N) is 2. The largest absolute Gasteiger partial charge is 0.496 e. The number of rotatable bonds is 6. The minimum atomic E-state index is -0.761. The first-order valence-corrected chi connectivity index (χ1v) is 10.5. The van der Waals surface area contributed by atoms with Crippen LogP contribution in [0.4, 0.5) is 5.69 Å². The normalized spacial score (nSPS) is 15.6. The van der Waals surface area contributed by atoms with Gasteiger partial charge >= 0.3 is 5.97 Å². The van der Waals surface area contributed by atoms with E-state index in [0.29, 0.717) is 12.2 Å². The van der Waals surface area contributed by atoms with Gasteiger partial charge in [0, 0.05) is 12.5 Å². The third-order valence-electron chi connectivity index (χ3n) is 4.71. The van der Waals surface area contributed by atoms with Crippen LogP contribution in [-0.2, 0) is 9.53 Å². The van der Waals surface area contributed by atoms with Gasteiger partial charge in [-0.2, -0.15) is 5.10 Å². The Kier molecular flexibility index (Phi) is 5.97. The number of nitrogen functional groups attached to an aromatic ring is 1. The number of furan rings is 1. The van der Waals surface area contributed by atoms with Gasteiger partial charge in [0.1, 0.15) is 23.1 Å². The summed E-state index contributed by atoms with van der Waals surface area (Å²) < 4.78 is 15.9. The maximum atomic E-state index is 12.9. The summed E-state index contributed by atoms with van der Waals surface area (Å²) in [5.41, 5.74) is 6.84. The Morgan fingerprint density at radius 1 is 1.35 bits per heavy atom. The number of ether oxygens (including phenoxy) is 2. The van der Waals surface area contributed by atoms with E-state index in [1.54, 1.807) is 12.1 Å². The second-order valence-electron chi connectivity index (χ2n) is 6.65. The summed E-state index contributed by atoms with van der Waals surface area (Å²) >= 11 is 7.54. The molecule has 0 bridgehead atoms. The zero-order valence-corrected chi connectivity index (χ0v) is 18.0. The number of hydrazone groups is 1. The minimum Gasteiger partial charge on any atom is -0.496 e. The highest BCUT2D eigenvalue weighted by Crippen LogP contribution is 2.34. The molecule has 1 aliphatic heterocycles. The molecule has 8 nitrogen and oxygen atoms in total. The number of carbonyl (C=O) groups is 2. The van der Waals surface area contributed by atoms with Gasteiger partial charge in [0.2, 0.25) is 0 Å². The van der Waals surface area contributed by atoms with Crippen molar-refractivity contribution in [1.29, 1.82) is 0 Å². The van der Waals surface area contributed by atoms with Gasteiger partial charge in [-0.25, -0.2) is 9.80 Å². The Balaban J connectivity index is 1.51. The zero-order valence-electron chi connectivity index (χ0n) is 16.4. The SMILES string of the molecule is COc1cc(N)c(Cl)cc1C(=O)OCC(=O)N1N=C(c2cccs2)CC1c1ccco1. The molecule has 0 radical (unpaired) electrons. The number of halogens is 1. The molecule has 1 aliphatic rings. The molecule has 0 aliphatic carbocycles. The van der Waals surface area contributed by atoms with Gasteiger partial charge in [-0.3, -0.25) is 4.79 Å². The molecule has 0 saturated carbocycles. The maximum absolute atomic E-state index is 12.9. The summed E-state index contributed by atoms with van der Waals surface area (Å²) in [5.74, 6) is -0.445. The molecule has 4 rings (SSSR count).